The first kappa shape index (κ1) is 15.8. The molecule has 0 rings (SSSR count). The van der Waals surface area contributed by atoms with E-state index in [-0.39, 0.29) is 23.7 Å². The maximum Gasteiger partial charge on any atom is 0.232 e. The number of thioether (sulfide) groups is 1. The number of aliphatic hydroxyl groups is 1. The summed E-state index contributed by atoms with van der Waals surface area (Å²) in [4.78, 5) is 11.6. The van der Waals surface area contributed by atoms with Gasteiger partial charge in [-0.2, -0.15) is 0 Å². The number of hydrogen-bond donors (Lipinski definition) is 2. The van der Waals surface area contributed by atoms with E-state index in [0.717, 1.165) is 18.7 Å². The second-order valence-corrected chi connectivity index (χ2v) is 5.64. The summed E-state index contributed by atoms with van der Waals surface area (Å²) in [7, 11) is 0. The number of carbonyl (C=O) groups excluding carboxylic acids is 1. The molecular weight excluding hydrogens is 222 g/mol. The van der Waals surface area contributed by atoms with Crippen molar-refractivity contribution in [2.24, 2.45) is 5.92 Å². The molecule has 2 unspecified atom stereocenters. The topological polar surface area (TPSA) is 49.3 Å². The highest BCUT2D eigenvalue weighted by Gasteiger charge is 2.13. The summed E-state index contributed by atoms with van der Waals surface area (Å²) in [5.74, 6) is 1.21. The summed E-state index contributed by atoms with van der Waals surface area (Å²) >= 11 is 1.61. The minimum absolute atomic E-state index is 0.0179. The van der Waals surface area contributed by atoms with E-state index in [4.69, 9.17) is 5.11 Å². The Morgan fingerprint density at radius 1 is 1.38 bits per heavy atom. The summed E-state index contributed by atoms with van der Waals surface area (Å²) in [6, 6.07) is 0. The lowest BCUT2D eigenvalue weighted by atomic mass is 10.2. The van der Waals surface area contributed by atoms with Gasteiger partial charge in [0.05, 0.1) is 5.25 Å². The molecule has 1 amide bonds. The van der Waals surface area contributed by atoms with Crippen molar-refractivity contribution in [3.63, 3.8) is 0 Å². The number of amides is 1. The lowest BCUT2D eigenvalue weighted by molar-refractivity contribution is -0.120. The summed E-state index contributed by atoms with van der Waals surface area (Å²) in [5, 5.41) is 11.8. The fraction of sp³-hybridized carbons (Fsp3) is 0.917. The van der Waals surface area contributed by atoms with Crippen LogP contribution in [-0.4, -0.2) is 35.2 Å². The standard InChI is InChI=1S/C12H25NO2S/c1-4-5-6-7-13-12(15)11(3)16-9-10(2)8-14/h10-11,14H,4-9H2,1-3H3,(H,13,15). The van der Waals surface area contributed by atoms with Crippen LogP contribution in [0.4, 0.5) is 0 Å². The normalized spacial score (nSPS) is 14.5. The first-order chi connectivity index (χ1) is 7.61. The monoisotopic (exact) mass is 247 g/mol. The molecule has 0 aromatic heterocycles. The van der Waals surface area contributed by atoms with Gasteiger partial charge in [0.15, 0.2) is 0 Å². The van der Waals surface area contributed by atoms with E-state index < -0.39 is 0 Å². The third kappa shape index (κ3) is 7.99. The first-order valence-corrected chi connectivity index (χ1v) is 7.16. The van der Waals surface area contributed by atoms with Gasteiger partial charge in [-0.1, -0.05) is 26.7 Å². The zero-order valence-electron chi connectivity index (χ0n) is 10.7. The van der Waals surface area contributed by atoms with E-state index in [2.05, 4.69) is 12.2 Å². The highest BCUT2D eigenvalue weighted by molar-refractivity contribution is 8.00. The smallest absolute Gasteiger partial charge is 0.232 e. The van der Waals surface area contributed by atoms with Gasteiger partial charge in [0, 0.05) is 13.2 Å². The van der Waals surface area contributed by atoms with Crippen LogP contribution in [0.2, 0.25) is 0 Å². The van der Waals surface area contributed by atoms with Crippen LogP contribution < -0.4 is 5.32 Å². The molecule has 0 aliphatic heterocycles. The first-order valence-electron chi connectivity index (χ1n) is 6.12. The van der Waals surface area contributed by atoms with Crippen LogP contribution in [0.1, 0.15) is 40.0 Å². The summed E-state index contributed by atoms with van der Waals surface area (Å²) < 4.78 is 0. The van der Waals surface area contributed by atoms with Crippen LogP contribution in [-0.2, 0) is 4.79 Å². The predicted molar refractivity (Wildman–Crippen MR) is 70.7 cm³/mol. The highest BCUT2D eigenvalue weighted by atomic mass is 32.2. The van der Waals surface area contributed by atoms with E-state index >= 15 is 0 Å². The molecule has 16 heavy (non-hydrogen) atoms. The second-order valence-electron chi connectivity index (χ2n) is 4.26. The van der Waals surface area contributed by atoms with Crippen molar-refractivity contribution in [3.8, 4) is 0 Å². The lowest BCUT2D eigenvalue weighted by Crippen LogP contribution is -2.32. The third-order valence-electron chi connectivity index (χ3n) is 2.39. The number of aliphatic hydroxyl groups excluding tert-OH is 1. The molecule has 0 heterocycles. The molecule has 0 aliphatic carbocycles. The van der Waals surface area contributed by atoms with Gasteiger partial charge in [-0.15, -0.1) is 11.8 Å². The van der Waals surface area contributed by atoms with Crippen LogP contribution >= 0.6 is 11.8 Å². The molecular formula is C12H25NO2S. The molecule has 4 heteroatoms. The largest absolute Gasteiger partial charge is 0.396 e. The van der Waals surface area contributed by atoms with Gasteiger partial charge < -0.3 is 10.4 Å². The molecule has 2 N–H and O–H groups in total. The highest BCUT2D eigenvalue weighted by Crippen LogP contribution is 2.14. The predicted octanol–water partition coefficient (Wildman–Crippen LogP) is 2.04. The van der Waals surface area contributed by atoms with Gasteiger partial charge >= 0.3 is 0 Å². The van der Waals surface area contributed by atoms with Crippen LogP contribution in [0.15, 0.2) is 0 Å². The third-order valence-corrected chi connectivity index (χ3v) is 3.87. The zero-order chi connectivity index (χ0) is 12.4. The Kier molecular flexibility index (Phi) is 9.83. The van der Waals surface area contributed by atoms with Gasteiger partial charge in [-0.3, -0.25) is 4.79 Å². The van der Waals surface area contributed by atoms with E-state index in [1.807, 2.05) is 13.8 Å². The average molecular weight is 247 g/mol. The maximum absolute atomic E-state index is 11.6. The molecule has 0 aliphatic rings. The van der Waals surface area contributed by atoms with E-state index in [9.17, 15) is 4.79 Å². The molecule has 96 valence electrons. The fourth-order valence-corrected chi connectivity index (χ4v) is 2.12. The van der Waals surface area contributed by atoms with Crippen LogP contribution in [0.25, 0.3) is 0 Å². The SMILES string of the molecule is CCCCCNC(=O)C(C)SCC(C)CO. The molecule has 0 aromatic carbocycles. The second kappa shape index (κ2) is 9.97. The lowest BCUT2D eigenvalue weighted by Gasteiger charge is -2.13. The quantitative estimate of drug-likeness (QED) is 0.613. The molecule has 0 saturated carbocycles. The van der Waals surface area contributed by atoms with Gasteiger partial charge in [-0.25, -0.2) is 0 Å². The van der Waals surface area contributed by atoms with Crippen LogP contribution in [0.3, 0.4) is 0 Å². The molecule has 0 radical (unpaired) electrons. The van der Waals surface area contributed by atoms with Gasteiger partial charge in [0.25, 0.3) is 0 Å². The molecule has 0 spiro atoms. The number of carbonyl (C=O) groups is 1. The molecule has 0 bridgehead atoms. The Balaban J connectivity index is 3.57. The van der Waals surface area contributed by atoms with E-state index in [0.29, 0.717) is 0 Å². The van der Waals surface area contributed by atoms with Gasteiger partial charge in [-0.05, 0) is 25.0 Å². The summed E-state index contributed by atoms with van der Waals surface area (Å²) in [5.41, 5.74) is 0. The summed E-state index contributed by atoms with van der Waals surface area (Å²) in [6.07, 6.45) is 3.41. The average Bonchev–Trinajstić information content (AvgIpc) is 2.30. The van der Waals surface area contributed by atoms with Crippen molar-refractivity contribution in [1.29, 1.82) is 0 Å². The number of nitrogens with one attached hydrogen (secondary N) is 1. The molecule has 2 atom stereocenters. The Labute approximate surface area is 103 Å². The molecule has 0 fully saturated rings. The van der Waals surface area contributed by atoms with Crippen LogP contribution in [0, 0.1) is 5.92 Å². The molecule has 3 nitrogen and oxygen atoms in total. The number of rotatable bonds is 9. The van der Waals surface area contributed by atoms with Gasteiger partial charge in [0.2, 0.25) is 5.91 Å². The van der Waals surface area contributed by atoms with Crippen molar-refractivity contribution in [2.45, 2.75) is 45.3 Å². The van der Waals surface area contributed by atoms with Crippen molar-refractivity contribution in [2.75, 3.05) is 18.9 Å². The van der Waals surface area contributed by atoms with Crippen molar-refractivity contribution < 1.29 is 9.90 Å². The Bertz CT molecular complexity index is 188. The minimum Gasteiger partial charge on any atom is -0.396 e. The van der Waals surface area contributed by atoms with Gasteiger partial charge in [0.1, 0.15) is 0 Å². The molecule has 0 aromatic rings. The maximum atomic E-state index is 11.6. The Morgan fingerprint density at radius 3 is 2.62 bits per heavy atom. The number of hydrogen-bond acceptors (Lipinski definition) is 3. The van der Waals surface area contributed by atoms with E-state index in [1.165, 1.54) is 12.8 Å². The van der Waals surface area contributed by atoms with Crippen LogP contribution in [0.5, 0.6) is 0 Å². The van der Waals surface area contributed by atoms with E-state index in [1.54, 1.807) is 11.8 Å². The Hall–Kier alpha value is -0.220. The number of unbranched alkanes of at least 4 members (excludes halogenated alkanes) is 2. The van der Waals surface area contributed by atoms with Crippen molar-refractivity contribution >= 4 is 17.7 Å². The Morgan fingerprint density at radius 2 is 2.06 bits per heavy atom. The molecule has 0 saturated heterocycles. The minimum atomic E-state index is -0.0179. The van der Waals surface area contributed by atoms with Crippen molar-refractivity contribution in [3.05, 3.63) is 0 Å². The summed E-state index contributed by atoms with van der Waals surface area (Å²) in [6.45, 7) is 7.03. The fourth-order valence-electron chi connectivity index (χ4n) is 1.17. The zero-order valence-corrected chi connectivity index (χ0v) is 11.5. The van der Waals surface area contributed by atoms with Crippen molar-refractivity contribution in [1.82, 2.24) is 5.32 Å².